The number of ether oxygens (including phenoxy) is 2. The van der Waals surface area contributed by atoms with Crippen molar-refractivity contribution < 1.29 is 24.2 Å². The van der Waals surface area contributed by atoms with Crippen LogP contribution in [0.2, 0.25) is 0 Å². The van der Waals surface area contributed by atoms with E-state index in [4.69, 9.17) is 9.47 Å². The molecule has 2 aromatic carbocycles. The highest BCUT2D eigenvalue weighted by Crippen LogP contribution is 2.43. The number of aliphatic hydroxyl groups excluding tert-OH is 1. The molecule has 0 saturated carbocycles. The molecule has 1 aliphatic rings. The molecule has 1 N–H and O–H groups in total. The maximum absolute atomic E-state index is 13.0. The Balaban J connectivity index is 2.22. The molecule has 1 heterocycles. The van der Waals surface area contributed by atoms with Crippen LogP contribution in [-0.4, -0.2) is 42.5 Å². The van der Waals surface area contributed by atoms with E-state index in [1.165, 1.54) is 4.90 Å². The van der Waals surface area contributed by atoms with Crippen LogP contribution in [0.3, 0.4) is 0 Å². The number of ketones is 1. The monoisotopic (exact) mass is 409 g/mol. The lowest BCUT2D eigenvalue weighted by atomic mass is 9.93. The van der Waals surface area contributed by atoms with Crippen molar-refractivity contribution in [2.75, 3.05) is 20.8 Å². The van der Waals surface area contributed by atoms with E-state index in [-0.39, 0.29) is 11.3 Å². The molecule has 6 nitrogen and oxygen atoms in total. The molecule has 30 heavy (non-hydrogen) atoms. The summed E-state index contributed by atoms with van der Waals surface area (Å²) in [6.07, 6.45) is 1.62. The average molecular weight is 409 g/mol. The van der Waals surface area contributed by atoms with E-state index in [1.54, 1.807) is 38.5 Å². The predicted molar refractivity (Wildman–Crippen MR) is 115 cm³/mol. The molecule has 0 radical (unpaired) electrons. The zero-order valence-corrected chi connectivity index (χ0v) is 17.8. The first-order valence-corrected chi connectivity index (χ1v) is 10.0. The molecule has 2 aromatic rings. The van der Waals surface area contributed by atoms with Crippen molar-refractivity contribution >= 4 is 17.4 Å². The highest BCUT2D eigenvalue weighted by molar-refractivity contribution is 6.46. The quantitative estimate of drug-likeness (QED) is 0.421. The number of likely N-dealkylation sites (tertiary alicyclic amines) is 1. The van der Waals surface area contributed by atoms with E-state index in [0.29, 0.717) is 29.2 Å². The minimum Gasteiger partial charge on any atom is -0.507 e. The number of nitrogens with zero attached hydrogens (tertiary/aromatic N) is 1. The molecule has 1 saturated heterocycles. The summed E-state index contributed by atoms with van der Waals surface area (Å²) in [5.74, 6) is -0.276. The third-order valence-corrected chi connectivity index (χ3v) is 5.41. The summed E-state index contributed by atoms with van der Waals surface area (Å²) in [4.78, 5) is 27.5. The van der Waals surface area contributed by atoms with E-state index >= 15 is 0 Å². The van der Waals surface area contributed by atoms with Gasteiger partial charge >= 0.3 is 0 Å². The molecule has 1 atom stereocenters. The Morgan fingerprint density at radius 3 is 2.47 bits per heavy atom. The summed E-state index contributed by atoms with van der Waals surface area (Å²) in [6, 6.07) is 11.7. The lowest BCUT2D eigenvalue weighted by Gasteiger charge is -2.26. The maximum Gasteiger partial charge on any atom is 0.295 e. The van der Waals surface area contributed by atoms with Gasteiger partial charge in [0.1, 0.15) is 17.3 Å². The van der Waals surface area contributed by atoms with Gasteiger partial charge in [0.25, 0.3) is 11.7 Å². The van der Waals surface area contributed by atoms with Gasteiger partial charge < -0.3 is 19.5 Å². The van der Waals surface area contributed by atoms with Gasteiger partial charge in [-0.15, -0.1) is 0 Å². The first kappa shape index (κ1) is 21.4. The summed E-state index contributed by atoms with van der Waals surface area (Å²) in [7, 11) is 3.11. The van der Waals surface area contributed by atoms with Crippen LogP contribution in [0.25, 0.3) is 5.76 Å². The van der Waals surface area contributed by atoms with Crippen molar-refractivity contribution in [1.82, 2.24) is 4.90 Å². The third kappa shape index (κ3) is 3.77. The number of carbonyl (C=O) groups excluding carboxylic acids is 2. The van der Waals surface area contributed by atoms with Gasteiger partial charge in [-0.25, -0.2) is 0 Å². The van der Waals surface area contributed by atoms with E-state index < -0.39 is 17.7 Å². The highest BCUT2D eigenvalue weighted by atomic mass is 16.5. The molecule has 0 aromatic heterocycles. The molecule has 1 unspecified atom stereocenters. The van der Waals surface area contributed by atoms with Gasteiger partial charge in [-0.2, -0.15) is 0 Å². The number of methoxy groups -OCH3 is 2. The minimum absolute atomic E-state index is 0.0777. The second kappa shape index (κ2) is 9.03. The molecule has 1 fully saturated rings. The number of benzene rings is 2. The Hall–Kier alpha value is -3.28. The van der Waals surface area contributed by atoms with E-state index in [1.807, 2.05) is 32.0 Å². The number of unbranched alkanes of at least 4 members (excludes halogenated alkanes) is 1. The number of para-hydroxylation sites is 1. The van der Waals surface area contributed by atoms with Crippen molar-refractivity contribution in [3.05, 3.63) is 64.7 Å². The number of hydrogen-bond donors (Lipinski definition) is 1. The van der Waals surface area contributed by atoms with Crippen LogP contribution in [0, 0.1) is 6.92 Å². The number of Topliss-reactive ketones (excluding diaryl/α,β-unsaturated/α-hetero) is 1. The molecule has 1 amide bonds. The number of hydrogen-bond acceptors (Lipinski definition) is 5. The first-order chi connectivity index (χ1) is 14.4. The van der Waals surface area contributed by atoms with Gasteiger partial charge in [-0.3, -0.25) is 9.59 Å². The van der Waals surface area contributed by atoms with Gasteiger partial charge in [-0.1, -0.05) is 31.5 Å². The standard InChI is InChI=1S/C24H27NO5/c1-5-6-13-25-21(18-9-7-8-10-19(18)30-4)20(23(27)24(25)28)22(26)17-12-11-16(29-3)14-15(17)2/h7-12,14,21,26H,5-6,13H2,1-4H3/b22-20+. The second-order valence-corrected chi connectivity index (χ2v) is 7.27. The number of amides is 1. The Labute approximate surface area is 176 Å². The summed E-state index contributed by atoms with van der Waals surface area (Å²) in [6.45, 7) is 4.26. The average Bonchev–Trinajstić information content (AvgIpc) is 3.01. The summed E-state index contributed by atoms with van der Waals surface area (Å²) < 4.78 is 10.7. The van der Waals surface area contributed by atoms with Crippen LogP contribution in [0.15, 0.2) is 48.0 Å². The Morgan fingerprint density at radius 2 is 1.83 bits per heavy atom. The molecule has 158 valence electrons. The molecule has 3 rings (SSSR count). The van der Waals surface area contributed by atoms with Crippen LogP contribution in [0.4, 0.5) is 0 Å². The fourth-order valence-corrected chi connectivity index (χ4v) is 3.83. The van der Waals surface area contributed by atoms with E-state index in [9.17, 15) is 14.7 Å². The number of aryl methyl sites for hydroxylation is 1. The zero-order valence-electron chi connectivity index (χ0n) is 17.8. The molecule has 1 aliphatic heterocycles. The van der Waals surface area contributed by atoms with E-state index in [0.717, 1.165) is 18.4 Å². The summed E-state index contributed by atoms with van der Waals surface area (Å²) >= 11 is 0. The fraction of sp³-hybridized carbons (Fsp3) is 0.333. The topological polar surface area (TPSA) is 76.1 Å². The maximum atomic E-state index is 13.0. The Bertz CT molecular complexity index is 995. The van der Waals surface area contributed by atoms with Gasteiger partial charge in [-0.05, 0) is 43.2 Å². The summed E-state index contributed by atoms with van der Waals surface area (Å²) in [5.41, 5.74) is 1.98. The number of aliphatic hydroxyl groups is 1. The van der Waals surface area contributed by atoms with Gasteiger partial charge in [0.15, 0.2) is 0 Å². The largest absolute Gasteiger partial charge is 0.507 e. The van der Waals surface area contributed by atoms with Crippen molar-refractivity contribution in [2.24, 2.45) is 0 Å². The summed E-state index contributed by atoms with van der Waals surface area (Å²) in [5, 5.41) is 11.2. The Kier molecular flexibility index (Phi) is 6.45. The smallest absolute Gasteiger partial charge is 0.295 e. The van der Waals surface area contributed by atoms with Gasteiger partial charge in [0.05, 0.1) is 25.8 Å². The lowest BCUT2D eigenvalue weighted by molar-refractivity contribution is -0.139. The van der Waals surface area contributed by atoms with Crippen molar-refractivity contribution in [3.8, 4) is 11.5 Å². The Morgan fingerprint density at radius 1 is 1.10 bits per heavy atom. The highest BCUT2D eigenvalue weighted by Gasteiger charge is 2.46. The van der Waals surface area contributed by atoms with Crippen LogP contribution < -0.4 is 9.47 Å². The van der Waals surface area contributed by atoms with Crippen LogP contribution in [-0.2, 0) is 9.59 Å². The first-order valence-electron chi connectivity index (χ1n) is 10.0. The van der Waals surface area contributed by atoms with Crippen molar-refractivity contribution in [2.45, 2.75) is 32.7 Å². The van der Waals surface area contributed by atoms with Crippen LogP contribution in [0.5, 0.6) is 11.5 Å². The predicted octanol–water partition coefficient (Wildman–Crippen LogP) is 4.23. The fourth-order valence-electron chi connectivity index (χ4n) is 3.83. The van der Waals surface area contributed by atoms with E-state index in [2.05, 4.69) is 0 Å². The van der Waals surface area contributed by atoms with Crippen molar-refractivity contribution in [1.29, 1.82) is 0 Å². The SMILES string of the molecule is CCCCN1C(=O)C(=O)/C(=C(/O)c2ccc(OC)cc2C)C1c1ccccc1OC. The zero-order chi connectivity index (χ0) is 21.8. The molecule has 0 spiro atoms. The molecular weight excluding hydrogens is 382 g/mol. The minimum atomic E-state index is -0.714. The van der Waals surface area contributed by atoms with Gasteiger partial charge in [0, 0.05) is 17.7 Å². The van der Waals surface area contributed by atoms with Gasteiger partial charge in [0.2, 0.25) is 0 Å². The molecule has 6 heteroatoms. The second-order valence-electron chi connectivity index (χ2n) is 7.27. The van der Waals surface area contributed by atoms with Crippen molar-refractivity contribution in [3.63, 3.8) is 0 Å². The van der Waals surface area contributed by atoms with Crippen LogP contribution >= 0.6 is 0 Å². The molecule has 0 aliphatic carbocycles. The van der Waals surface area contributed by atoms with Crippen LogP contribution in [0.1, 0.15) is 42.5 Å². The number of rotatable bonds is 7. The molecule has 0 bridgehead atoms. The normalized spacial score (nSPS) is 18.0. The third-order valence-electron chi connectivity index (χ3n) is 5.41. The number of carbonyl (C=O) groups is 2. The molecular formula is C24H27NO5. The lowest BCUT2D eigenvalue weighted by Crippen LogP contribution is -2.30.